The van der Waals surface area contributed by atoms with Gasteiger partial charge in [-0.3, -0.25) is 0 Å². The highest BCUT2D eigenvalue weighted by Crippen LogP contribution is 2.12. The van der Waals surface area contributed by atoms with Gasteiger partial charge in [-0.2, -0.15) is 5.26 Å². The lowest BCUT2D eigenvalue weighted by Crippen LogP contribution is -2.47. The number of rotatable bonds is 7. The maximum Gasteiger partial charge on any atom is 0.120 e. The van der Waals surface area contributed by atoms with Crippen molar-refractivity contribution in [2.75, 3.05) is 19.8 Å². The molecule has 104 valence electrons. The predicted molar refractivity (Wildman–Crippen MR) is 71.8 cm³/mol. The molecule has 0 saturated heterocycles. The van der Waals surface area contributed by atoms with Crippen LogP contribution in [-0.4, -0.2) is 41.6 Å². The largest absolute Gasteiger partial charge is 0.491 e. The van der Waals surface area contributed by atoms with Gasteiger partial charge in [0.2, 0.25) is 0 Å². The lowest BCUT2D eigenvalue weighted by Gasteiger charge is -2.25. The Morgan fingerprint density at radius 1 is 1.47 bits per heavy atom. The van der Waals surface area contributed by atoms with Crippen LogP contribution >= 0.6 is 0 Å². The summed E-state index contributed by atoms with van der Waals surface area (Å²) in [5.41, 5.74) is 0.0911. The third-order valence-corrected chi connectivity index (χ3v) is 2.62. The van der Waals surface area contributed by atoms with Gasteiger partial charge in [-0.25, -0.2) is 0 Å². The Morgan fingerprint density at radius 3 is 2.84 bits per heavy atom. The fourth-order valence-corrected chi connectivity index (χ4v) is 1.36. The second kappa shape index (κ2) is 7.10. The molecule has 0 aliphatic carbocycles. The van der Waals surface area contributed by atoms with E-state index in [-0.39, 0.29) is 13.2 Å². The van der Waals surface area contributed by atoms with Gasteiger partial charge >= 0.3 is 0 Å². The van der Waals surface area contributed by atoms with Crippen molar-refractivity contribution in [1.82, 2.24) is 5.32 Å². The zero-order valence-corrected chi connectivity index (χ0v) is 11.3. The summed E-state index contributed by atoms with van der Waals surface area (Å²) in [4.78, 5) is 0. The Kier molecular flexibility index (Phi) is 5.77. The van der Waals surface area contributed by atoms with Crippen molar-refractivity contribution in [2.24, 2.45) is 0 Å². The average Bonchev–Trinajstić information content (AvgIpc) is 2.43. The number of hydrogen-bond acceptors (Lipinski definition) is 5. The first-order chi connectivity index (χ1) is 8.96. The molecule has 5 heteroatoms. The van der Waals surface area contributed by atoms with Gasteiger partial charge in [0.15, 0.2) is 0 Å². The van der Waals surface area contributed by atoms with E-state index in [0.29, 0.717) is 17.9 Å². The molecule has 1 rings (SSSR count). The third-order valence-electron chi connectivity index (χ3n) is 2.62. The third kappa shape index (κ3) is 5.71. The van der Waals surface area contributed by atoms with Gasteiger partial charge in [-0.1, -0.05) is 6.07 Å². The number of hydrogen-bond donors (Lipinski definition) is 3. The normalized spacial score (nSPS) is 12.8. The molecule has 0 amide bonds. The number of β-amino-alcohol motifs (C(OH)–C–C–N with tert-alkyl or cyclic N) is 1. The van der Waals surface area contributed by atoms with E-state index in [1.807, 2.05) is 19.9 Å². The van der Waals surface area contributed by atoms with Crippen molar-refractivity contribution in [3.63, 3.8) is 0 Å². The van der Waals surface area contributed by atoms with Crippen LogP contribution in [0.5, 0.6) is 5.75 Å². The van der Waals surface area contributed by atoms with Crippen LogP contribution in [-0.2, 0) is 0 Å². The monoisotopic (exact) mass is 264 g/mol. The second-order valence-electron chi connectivity index (χ2n) is 5.03. The summed E-state index contributed by atoms with van der Waals surface area (Å²) in [6, 6.07) is 8.80. The van der Waals surface area contributed by atoms with Crippen molar-refractivity contribution in [3.05, 3.63) is 29.8 Å². The molecule has 0 aliphatic rings. The van der Waals surface area contributed by atoms with Crippen LogP contribution in [0.2, 0.25) is 0 Å². The second-order valence-corrected chi connectivity index (χ2v) is 5.03. The summed E-state index contributed by atoms with van der Waals surface area (Å²) in [5.74, 6) is 0.555. The van der Waals surface area contributed by atoms with E-state index in [4.69, 9.17) is 15.1 Å². The lowest BCUT2D eigenvalue weighted by molar-refractivity contribution is 0.0906. The summed E-state index contributed by atoms with van der Waals surface area (Å²) in [5, 5.41) is 30.6. The number of aliphatic hydroxyl groups excluding tert-OH is 2. The molecule has 0 fully saturated rings. The van der Waals surface area contributed by atoms with Gasteiger partial charge in [0.05, 0.1) is 18.2 Å². The first-order valence-corrected chi connectivity index (χ1v) is 6.14. The molecule has 0 heterocycles. The minimum Gasteiger partial charge on any atom is -0.491 e. The van der Waals surface area contributed by atoms with Crippen LogP contribution in [0, 0.1) is 11.3 Å². The molecule has 0 aromatic heterocycles. The number of ether oxygens (including phenoxy) is 1. The van der Waals surface area contributed by atoms with Crippen LogP contribution in [0.4, 0.5) is 0 Å². The maximum absolute atomic E-state index is 9.76. The van der Waals surface area contributed by atoms with Crippen molar-refractivity contribution in [2.45, 2.75) is 25.5 Å². The number of aliphatic hydroxyl groups is 2. The van der Waals surface area contributed by atoms with Crippen molar-refractivity contribution in [3.8, 4) is 11.8 Å². The highest BCUT2D eigenvalue weighted by Gasteiger charge is 2.17. The molecule has 0 saturated carbocycles. The molecule has 0 radical (unpaired) electrons. The Bertz CT molecular complexity index is 441. The summed E-state index contributed by atoms with van der Waals surface area (Å²) in [6.07, 6.45) is -0.684. The summed E-state index contributed by atoms with van der Waals surface area (Å²) >= 11 is 0. The molecule has 3 N–H and O–H groups in total. The highest BCUT2D eigenvalue weighted by atomic mass is 16.5. The SMILES string of the molecule is CC(C)(CO)NCC(O)COc1cccc(C#N)c1. The zero-order valence-electron chi connectivity index (χ0n) is 11.3. The summed E-state index contributed by atoms with van der Waals surface area (Å²) in [7, 11) is 0. The van der Waals surface area contributed by atoms with E-state index in [0.717, 1.165) is 0 Å². The van der Waals surface area contributed by atoms with Crippen LogP contribution in [0.3, 0.4) is 0 Å². The van der Waals surface area contributed by atoms with E-state index in [9.17, 15) is 5.11 Å². The van der Waals surface area contributed by atoms with Crippen LogP contribution in [0.15, 0.2) is 24.3 Å². The first-order valence-electron chi connectivity index (χ1n) is 6.14. The van der Waals surface area contributed by atoms with Crippen molar-refractivity contribution in [1.29, 1.82) is 5.26 Å². The van der Waals surface area contributed by atoms with Crippen LogP contribution in [0.1, 0.15) is 19.4 Å². The summed E-state index contributed by atoms with van der Waals surface area (Å²) in [6.45, 7) is 4.13. The van der Waals surface area contributed by atoms with Crippen LogP contribution in [0.25, 0.3) is 0 Å². The van der Waals surface area contributed by atoms with Gasteiger partial charge in [0, 0.05) is 12.1 Å². The summed E-state index contributed by atoms with van der Waals surface area (Å²) < 4.78 is 5.41. The molecular formula is C14H20N2O3. The van der Waals surface area contributed by atoms with Gasteiger partial charge < -0.3 is 20.3 Å². The molecule has 0 aliphatic heterocycles. The minimum absolute atomic E-state index is 0.00914. The number of nitrogens with zero attached hydrogens (tertiary/aromatic N) is 1. The van der Waals surface area contributed by atoms with Gasteiger partial charge in [-0.05, 0) is 32.0 Å². The van der Waals surface area contributed by atoms with E-state index >= 15 is 0 Å². The predicted octanol–water partition coefficient (Wildman–Crippen LogP) is 0.658. The molecule has 0 bridgehead atoms. The molecular weight excluding hydrogens is 244 g/mol. The minimum atomic E-state index is -0.684. The van der Waals surface area contributed by atoms with E-state index < -0.39 is 11.6 Å². The molecule has 1 atom stereocenters. The lowest BCUT2D eigenvalue weighted by atomic mass is 10.1. The fourth-order valence-electron chi connectivity index (χ4n) is 1.36. The first kappa shape index (κ1) is 15.4. The van der Waals surface area contributed by atoms with Crippen molar-refractivity contribution < 1.29 is 14.9 Å². The van der Waals surface area contributed by atoms with E-state index in [2.05, 4.69) is 5.32 Å². The smallest absolute Gasteiger partial charge is 0.120 e. The fraction of sp³-hybridized carbons (Fsp3) is 0.500. The molecule has 0 spiro atoms. The standard InChI is InChI=1S/C14H20N2O3/c1-14(2,10-17)16-8-12(18)9-19-13-5-3-4-11(6-13)7-15/h3-6,12,16-18H,8-10H2,1-2H3. The van der Waals surface area contributed by atoms with Gasteiger partial charge in [0.25, 0.3) is 0 Å². The molecule has 19 heavy (non-hydrogen) atoms. The van der Waals surface area contributed by atoms with Gasteiger partial charge in [-0.15, -0.1) is 0 Å². The van der Waals surface area contributed by atoms with E-state index in [1.165, 1.54) is 0 Å². The maximum atomic E-state index is 9.76. The Hall–Kier alpha value is -1.61. The number of benzene rings is 1. The number of nitrogens with one attached hydrogen (secondary N) is 1. The van der Waals surface area contributed by atoms with Crippen LogP contribution < -0.4 is 10.1 Å². The zero-order chi connectivity index (χ0) is 14.3. The topological polar surface area (TPSA) is 85.5 Å². The molecule has 1 aromatic carbocycles. The van der Waals surface area contributed by atoms with Gasteiger partial charge in [0.1, 0.15) is 18.5 Å². The molecule has 5 nitrogen and oxygen atoms in total. The molecule has 1 aromatic rings. The average molecular weight is 264 g/mol. The Labute approximate surface area is 113 Å². The van der Waals surface area contributed by atoms with E-state index in [1.54, 1.807) is 24.3 Å². The quantitative estimate of drug-likeness (QED) is 0.673. The number of nitriles is 1. The molecule has 1 unspecified atom stereocenters. The highest BCUT2D eigenvalue weighted by molar-refractivity contribution is 5.36. The Balaban J connectivity index is 2.38. The van der Waals surface area contributed by atoms with Crippen molar-refractivity contribution >= 4 is 0 Å². The Morgan fingerprint density at radius 2 is 2.21 bits per heavy atom.